The van der Waals surface area contributed by atoms with Crippen molar-refractivity contribution in [2.75, 3.05) is 42.7 Å². The van der Waals surface area contributed by atoms with E-state index in [4.69, 9.17) is 26.6 Å². The lowest BCUT2D eigenvalue weighted by Gasteiger charge is -2.51. The molecule has 2 aliphatic carbocycles. The van der Waals surface area contributed by atoms with Crippen LogP contribution < -0.4 is 0 Å². The van der Waals surface area contributed by atoms with E-state index in [1.54, 1.807) is 42.7 Å². The Morgan fingerprint density at radius 2 is 1.14 bits per heavy atom. The predicted molar refractivity (Wildman–Crippen MR) is 81.7 cm³/mol. The molecule has 2 aliphatic rings. The Balaban J connectivity index is 2.60. The summed E-state index contributed by atoms with van der Waals surface area (Å²) < 4.78 is 34.8. The smallest absolute Gasteiger partial charge is 0.377 e. The minimum absolute atomic E-state index is 0.403. The Morgan fingerprint density at radius 1 is 0.714 bits per heavy atom. The zero-order chi connectivity index (χ0) is 15.7. The van der Waals surface area contributed by atoms with Crippen molar-refractivity contribution < 1.29 is 26.6 Å². The van der Waals surface area contributed by atoms with Crippen LogP contribution in [0.1, 0.15) is 25.7 Å². The molecule has 0 radical (unpaired) electrons. The van der Waals surface area contributed by atoms with Gasteiger partial charge in [0, 0.05) is 42.7 Å². The number of rotatable bonds is 8. The van der Waals surface area contributed by atoms with Gasteiger partial charge in [0.1, 0.15) is 4.66 Å². The highest BCUT2D eigenvalue weighted by Crippen LogP contribution is 2.69. The van der Waals surface area contributed by atoms with Crippen molar-refractivity contribution >= 4 is 17.6 Å². The SMILES string of the molecule is CO[Si](OC)(OC)C1([Si](OC)(OC)OC)CC2CCC1C2. The average molecular weight is 337 g/mol. The maximum absolute atomic E-state index is 5.88. The topological polar surface area (TPSA) is 55.4 Å². The molecule has 0 aromatic heterocycles. The van der Waals surface area contributed by atoms with Crippen LogP contribution in [0.25, 0.3) is 0 Å². The molecule has 2 fully saturated rings. The Morgan fingerprint density at radius 3 is 1.38 bits per heavy atom. The molecule has 0 spiro atoms. The molecule has 2 atom stereocenters. The van der Waals surface area contributed by atoms with Gasteiger partial charge in [0.15, 0.2) is 0 Å². The summed E-state index contributed by atoms with van der Waals surface area (Å²) in [5, 5.41) is 0. The molecule has 2 unspecified atom stereocenters. The molecule has 21 heavy (non-hydrogen) atoms. The summed E-state index contributed by atoms with van der Waals surface area (Å²) in [5.74, 6) is 1.05. The Hall–Kier alpha value is 0.194. The van der Waals surface area contributed by atoms with E-state index < -0.39 is 22.3 Å². The van der Waals surface area contributed by atoms with E-state index in [2.05, 4.69) is 0 Å². The second-order valence-corrected chi connectivity index (χ2v) is 12.8. The molecule has 0 N–H and O–H groups in total. The standard InChI is InChI=1S/C13H28O6Si2/c1-14-20(15-2,16-3)13(21(17-4,18-5)19-6)10-11-7-8-12(13)9-11/h11-12H,7-10H2,1-6H3. The van der Waals surface area contributed by atoms with Crippen LogP contribution in [0.4, 0.5) is 0 Å². The van der Waals surface area contributed by atoms with Gasteiger partial charge in [0.2, 0.25) is 0 Å². The maximum atomic E-state index is 5.88. The van der Waals surface area contributed by atoms with E-state index in [1.807, 2.05) is 0 Å². The van der Waals surface area contributed by atoms with Gasteiger partial charge in [-0.15, -0.1) is 0 Å². The Kier molecular flexibility index (Phi) is 5.32. The minimum atomic E-state index is -3.00. The maximum Gasteiger partial charge on any atom is 0.511 e. The van der Waals surface area contributed by atoms with Crippen LogP contribution in [-0.4, -0.2) is 60.3 Å². The van der Waals surface area contributed by atoms with Crippen LogP contribution in [0.5, 0.6) is 0 Å². The van der Waals surface area contributed by atoms with E-state index in [-0.39, 0.29) is 0 Å². The first-order chi connectivity index (χ1) is 10.0. The largest absolute Gasteiger partial charge is 0.511 e. The molecule has 2 bridgehead atoms. The quantitative estimate of drug-likeness (QED) is 0.631. The summed E-state index contributed by atoms with van der Waals surface area (Å²) in [5.41, 5.74) is 0. The first-order valence-corrected chi connectivity index (χ1v) is 10.8. The zero-order valence-electron chi connectivity index (χ0n) is 13.9. The first kappa shape index (κ1) is 17.5. The van der Waals surface area contributed by atoms with E-state index in [0.717, 1.165) is 19.3 Å². The van der Waals surface area contributed by atoms with Crippen LogP contribution in [-0.2, 0) is 26.6 Å². The second kappa shape index (κ2) is 6.36. The number of hydrogen-bond donors (Lipinski definition) is 0. The second-order valence-electron chi connectivity index (χ2n) is 5.89. The van der Waals surface area contributed by atoms with Crippen molar-refractivity contribution in [1.82, 2.24) is 0 Å². The molecular formula is C13H28O6Si2. The molecule has 0 saturated heterocycles. The molecular weight excluding hydrogens is 308 g/mol. The number of hydrogen-bond acceptors (Lipinski definition) is 6. The van der Waals surface area contributed by atoms with Crippen LogP contribution >= 0.6 is 0 Å². The summed E-state index contributed by atoms with van der Waals surface area (Å²) >= 11 is 0. The van der Waals surface area contributed by atoms with E-state index in [9.17, 15) is 0 Å². The first-order valence-electron chi connectivity index (χ1n) is 7.36. The van der Waals surface area contributed by atoms with Gasteiger partial charge in [0.05, 0.1) is 0 Å². The highest BCUT2D eigenvalue weighted by molar-refractivity contribution is 6.85. The van der Waals surface area contributed by atoms with Gasteiger partial charge in [-0.05, 0) is 31.1 Å². The van der Waals surface area contributed by atoms with Crippen LogP contribution in [0.15, 0.2) is 0 Å². The monoisotopic (exact) mass is 336 g/mol. The van der Waals surface area contributed by atoms with Crippen molar-refractivity contribution in [3.8, 4) is 0 Å². The lowest BCUT2D eigenvalue weighted by atomic mass is 9.99. The van der Waals surface area contributed by atoms with Crippen LogP contribution in [0.3, 0.4) is 0 Å². The van der Waals surface area contributed by atoms with Gasteiger partial charge in [-0.1, -0.05) is 6.42 Å². The van der Waals surface area contributed by atoms with Gasteiger partial charge >= 0.3 is 17.6 Å². The molecule has 6 nitrogen and oxygen atoms in total. The molecule has 2 rings (SSSR count). The van der Waals surface area contributed by atoms with Crippen molar-refractivity contribution in [3.63, 3.8) is 0 Å². The summed E-state index contributed by atoms with van der Waals surface area (Å²) in [6.07, 6.45) is 4.45. The third-order valence-electron chi connectivity index (χ3n) is 5.55. The summed E-state index contributed by atoms with van der Waals surface area (Å²) in [7, 11) is 3.96. The summed E-state index contributed by atoms with van der Waals surface area (Å²) in [6.45, 7) is 0. The van der Waals surface area contributed by atoms with Gasteiger partial charge in [-0.3, -0.25) is 0 Å². The van der Waals surface area contributed by atoms with Gasteiger partial charge in [-0.2, -0.15) is 0 Å². The minimum Gasteiger partial charge on any atom is -0.377 e. The normalized spacial score (nSPS) is 28.3. The highest BCUT2D eigenvalue weighted by atomic mass is 28.5. The van der Waals surface area contributed by atoms with E-state index in [1.165, 1.54) is 6.42 Å². The van der Waals surface area contributed by atoms with Crippen molar-refractivity contribution in [2.45, 2.75) is 30.3 Å². The van der Waals surface area contributed by atoms with Crippen LogP contribution in [0, 0.1) is 11.8 Å². The number of fused-ring (bicyclic) bond motifs is 2. The lowest BCUT2D eigenvalue weighted by Crippen LogP contribution is -2.71. The Labute approximate surface area is 129 Å². The van der Waals surface area contributed by atoms with Crippen molar-refractivity contribution in [3.05, 3.63) is 0 Å². The Bertz CT molecular complexity index is 322. The fourth-order valence-electron chi connectivity index (χ4n) is 4.86. The summed E-state index contributed by atoms with van der Waals surface area (Å²) in [4.78, 5) is 0. The lowest BCUT2D eigenvalue weighted by molar-refractivity contribution is 0.0375. The fraction of sp³-hybridized carbons (Fsp3) is 1.00. The predicted octanol–water partition coefficient (Wildman–Crippen LogP) is 1.84. The van der Waals surface area contributed by atoms with Gasteiger partial charge < -0.3 is 26.6 Å². The van der Waals surface area contributed by atoms with Gasteiger partial charge in [-0.25, -0.2) is 0 Å². The molecule has 0 heterocycles. The highest BCUT2D eigenvalue weighted by Gasteiger charge is 2.81. The molecule has 0 amide bonds. The van der Waals surface area contributed by atoms with Gasteiger partial charge in [0.25, 0.3) is 0 Å². The summed E-state index contributed by atoms with van der Waals surface area (Å²) in [6, 6.07) is 0. The molecule has 0 aromatic rings. The fourth-order valence-corrected chi connectivity index (χ4v) is 14.0. The molecule has 8 heteroatoms. The average Bonchev–Trinajstić information content (AvgIpc) is 3.14. The third kappa shape index (κ3) is 2.12. The van der Waals surface area contributed by atoms with E-state index in [0.29, 0.717) is 11.8 Å². The molecule has 2 saturated carbocycles. The molecule has 124 valence electrons. The molecule has 0 aliphatic heterocycles. The zero-order valence-corrected chi connectivity index (χ0v) is 15.9. The molecule has 0 aromatic carbocycles. The van der Waals surface area contributed by atoms with Crippen molar-refractivity contribution in [2.24, 2.45) is 11.8 Å². The third-order valence-corrected chi connectivity index (χ3v) is 14.0. The van der Waals surface area contributed by atoms with E-state index >= 15 is 0 Å². The van der Waals surface area contributed by atoms with Crippen LogP contribution in [0.2, 0.25) is 4.66 Å². The van der Waals surface area contributed by atoms with Crippen molar-refractivity contribution in [1.29, 1.82) is 0 Å².